The summed E-state index contributed by atoms with van der Waals surface area (Å²) >= 11 is 7.06. The summed E-state index contributed by atoms with van der Waals surface area (Å²) in [6.45, 7) is 1.85. The van der Waals surface area contributed by atoms with Crippen LogP contribution in [0, 0.1) is 0 Å². The standard InChI is InChI=1S/C10H16ClNO2S2/c1-9(10-5-4-7-15-10)12-16(13,14)8-3-2-6-11/h4-5,7,9,12H,2-3,6,8H2,1H3. The fourth-order valence-corrected chi connectivity index (χ4v) is 3.68. The van der Waals surface area contributed by atoms with Crippen LogP contribution in [0.4, 0.5) is 0 Å². The normalized spacial score (nSPS) is 13.9. The van der Waals surface area contributed by atoms with Gasteiger partial charge in [-0.2, -0.15) is 0 Å². The van der Waals surface area contributed by atoms with Crippen LogP contribution in [-0.2, 0) is 10.0 Å². The van der Waals surface area contributed by atoms with Crippen LogP contribution >= 0.6 is 22.9 Å². The van der Waals surface area contributed by atoms with Crippen molar-refractivity contribution < 1.29 is 8.42 Å². The highest BCUT2D eigenvalue weighted by atomic mass is 35.5. The molecule has 0 aliphatic rings. The molecule has 0 aromatic carbocycles. The first kappa shape index (κ1) is 14.0. The Morgan fingerprint density at radius 2 is 2.25 bits per heavy atom. The van der Waals surface area contributed by atoms with Gasteiger partial charge in [0.25, 0.3) is 0 Å². The molecule has 0 aliphatic heterocycles. The van der Waals surface area contributed by atoms with Crippen molar-refractivity contribution in [3.63, 3.8) is 0 Å². The van der Waals surface area contributed by atoms with Crippen molar-refractivity contribution in [3.05, 3.63) is 22.4 Å². The Bertz CT molecular complexity index is 389. The first-order chi connectivity index (χ1) is 7.55. The molecule has 0 saturated heterocycles. The van der Waals surface area contributed by atoms with Crippen molar-refractivity contribution in [3.8, 4) is 0 Å². The van der Waals surface area contributed by atoms with Crippen molar-refractivity contribution in [1.82, 2.24) is 4.72 Å². The molecule has 0 amide bonds. The number of unbranched alkanes of at least 4 members (excludes halogenated alkanes) is 1. The van der Waals surface area contributed by atoms with Crippen LogP contribution in [-0.4, -0.2) is 20.1 Å². The minimum atomic E-state index is -3.18. The first-order valence-corrected chi connectivity index (χ1v) is 8.21. The molecule has 1 aromatic heterocycles. The molecule has 0 fully saturated rings. The monoisotopic (exact) mass is 281 g/mol. The molecule has 1 atom stereocenters. The van der Waals surface area contributed by atoms with Gasteiger partial charge in [-0.1, -0.05) is 6.07 Å². The fourth-order valence-electron chi connectivity index (χ4n) is 1.31. The third kappa shape index (κ3) is 4.82. The van der Waals surface area contributed by atoms with Crippen LogP contribution in [0.2, 0.25) is 0 Å². The van der Waals surface area contributed by atoms with E-state index in [0.717, 1.165) is 11.3 Å². The van der Waals surface area contributed by atoms with E-state index in [1.54, 1.807) is 11.3 Å². The Morgan fingerprint density at radius 1 is 1.50 bits per heavy atom. The first-order valence-electron chi connectivity index (χ1n) is 5.14. The van der Waals surface area contributed by atoms with E-state index in [2.05, 4.69) is 4.72 Å². The molecule has 16 heavy (non-hydrogen) atoms. The van der Waals surface area contributed by atoms with Crippen molar-refractivity contribution >= 4 is 33.0 Å². The Morgan fingerprint density at radius 3 is 2.81 bits per heavy atom. The summed E-state index contributed by atoms with van der Waals surface area (Å²) in [7, 11) is -3.18. The number of hydrogen-bond acceptors (Lipinski definition) is 3. The highest BCUT2D eigenvalue weighted by molar-refractivity contribution is 7.89. The molecule has 1 rings (SSSR count). The summed E-state index contributed by atoms with van der Waals surface area (Å²) < 4.78 is 26.0. The SMILES string of the molecule is CC(NS(=O)(=O)CCCCCl)c1cccs1. The Labute approximate surface area is 106 Å². The largest absolute Gasteiger partial charge is 0.212 e. The second-order valence-electron chi connectivity index (χ2n) is 3.57. The molecule has 92 valence electrons. The number of alkyl halides is 1. The molecule has 0 aliphatic carbocycles. The van der Waals surface area contributed by atoms with Crippen LogP contribution in [0.3, 0.4) is 0 Å². The van der Waals surface area contributed by atoms with Gasteiger partial charge in [0.05, 0.1) is 11.8 Å². The minimum Gasteiger partial charge on any atom is -0.212 e. The second-order valence-corrected chi connectivity index (χ2v) is 6.80. The zero-order valence-corrected chi connectivity index (χ0v) is 11.5. The number of halogens is 1. The lowest BCUT2D eigenvalue weighted by atomic mass is 10.3. The van der Waals surface area contributed by atoms with Crippen molar-refractivity contribution in [2.75, 3.05) is 11.6 Å². The van der Waals surface area contributed by atoms with Crippen LogP contribution in [0.25, 0.3) is 0 Å². The Kier molecular flexibility index (Phi) is 5.75. The molecule has 1 heterocycles. The van der Waals surface area contributed by atoms with E-state index in [9.17, 15) is 8.42 Å². The molecule has 1 aromatic rings. The Hall–Kier alpha value is -0.100. The molecule has 0 radical (unpaired) electrons. The maximum absolute atomic E-state index is 11.7. The second kappa shape index (κ2) is 6.59. The summed E-state index contributed by atoms with van der Waals surface area (Å²) in [5, 5.41) is 1.94. The lowest BCUT2D eigenvalue weighted by Gasteiger charge is -2.12. The molecule has 0 saturated carbocycles. The van der Waals surface area contributed by atoms with Gasteiger partial charge in [-0.3, -0.25) is 0 Å². The van der Waals surface area contributed by atoms with Gasteiger partial charge >= 0.3 is 0 Å². The van der Waals surface area contributed by atoms with Gasteiger partial charge in [0.1, 0.15) is 0 Å². The van der Waals surface area contributed by atoms with E-state index < -0.39 is 10.0 Å². The average molecular weight is 282 g/mol. The molecular weight excluding hydrogens is 266 g/mol. The zero-order chi connectivity index (χ0) is 12.0. The smallest absolute Gasteiger partial charge is 0.212 e. The summed E-state index contributed by atoms with van der Waals surface area (Å²) in [5.74, 6) is 0.658. The third-order valence-corrected chi connectivity index (χ3v) is 4.98. The van der Waals surface area contributed by atoms with Gasteiger partial charge in [0.15, 0.2) is 0 Å². The van der Waals surface area contributed by atoms with E-state index in [1.807, 2.05) is 24.4 Å². The van der Waals surface area contributed by atoms with Crippen molar-refractivity contribution in [2.45, 2.75) is 25.8 Å². The summed E-state index contributed by atoms with van der Waals surface area (Å²) in [4.78, 5) is 1.03. The van der Waals surface area contributed by atoms with E-state index in [4.69, 9.17) is 11.6 Å². The molecule has 1 N–H and O–H groups in total. The molecular formula is C10H16ClNO2S2. The lowest BCUT2D eigenvalue weighted by Crippen LogP contribution is -2.28. The maximum Gasteiger partial charge on any atom is 0.212 e. The average Bonchev–Trinajstić information content (AvgIpc) is 2.69. The predicted molar refractivity (Wildman–Crippen MR) is 69.6 cm³/mol. The quantitative estimate of drug-likeness (QED) is 0.617. The van der Waals surface area contributed by atoms with Crippen LogP contribution in [0.1, 0.15) is 30.7 Å². The molecule has 3 nitrogen and oxygen atoms in total. The van der Waals surface area contributed by atoms with Gasteiger partial charge < -0.3 is 0 Å². The Balaban J connectivity index is 2.46. The van der Waals surface area contributed by atoms with Gasteiger partial charge in [-0.15, -0.1) is 22.9 Å². The number of sulfonamides is 1. The molecule has 0 spiro atoms. The molecule has 1 unspecified atom stereocenters. The number of thiophene rings is 1. The summed E-state index contributed by atoms with van der Waals surface area (Å²) in [6, 6.07) is 3.69. The highest BCUT2D eigenvalue weighted by Crippen LogP contribution is 2.19. The summed E-state index contributed by atoms with van der Waals surface area (Å²) in [5.41, 5.74) is 0. The van der Waals surface area contributed by atoms with Gasteiger partial charge in [0, 0.05) is 10.8 Å². The third-order valence-electron chi connectivity index (χ3n) is 2.12. The maximum atomic E-state index is 11.7. The molecule has 6 heteroatoms. The van der Waals surface area contributed by atoms with Crippen LogP contribution in [0.5, 0.6) is 0 Å². The van der Waals surface area contributed by atoms with Crippen molar-refractivity contribution in [1.29, 1.82) is 0 Å². The van der Waals surface area contributed by atoms with Crippen molar-refractivity contribution in [2.24, 2.45) is 0 Å². The van der Waals surface area contributed by atoms with E-state index in [0.29, 0.717) is 12.3 Å². The lowest BCUT2D eigenvalue weighted by molar-refractivity contribution is 0.565. The number of nitrogens with one attached hydrogen (secondary N) is 1. The van der Waals surface area contributed by atoms with Crippen LogP contribution < -0.4 is 4.72 Å². The topological polar surface area (TPSA) is 46.2 Å². The summed E-state index contributed by atoms with van der Waals surface area (Å²) in [6.07, 6.45) is 1.34. The van der Waals surface area contributed by atoms with Crippen LogP contribution in [0.15, 0.2) is 17.5 Å². The number of rotatable bonds is 7. The highest BCUT2D eigenvalue weighted by Gasteiger charge is 2.15. The van der Waals surface area contributed by atoms with E-state index in [-0.39, 0.29) is 11.8 Å². The molecule has 0 bridgehead atoms. The van der Waals surface area contributed by atoms with Gasteiger partial charge in [0.2, 0.25) is 10.0 Å². The van der Waals surface area contributed by atoms with E-state index in [1.165, 1.54) is 0 Å². The number of hydrogen-bond donors (Lipinski definition) is 1. The minimum absolute atomic E-state index is 0.148. The van der Waals surface area contributed by atoms with Gasteiger partial charge in [-0.05, 0) is 31.2 Å². The predicted octanol–water partition coefficient (Wildman–Crippen LogP) is 2.75. The van der Waals surface area contributed by atoms with Gasteiger partial charge in [-0.25, -0.2) is 13.1 Å². The van der Waals surface area contributed by atoms with E-state index >= 15 is 0 Å². The fraction of sp³-hybridized carbons (Fsp3) is 0.600. The zero-order valence-electron chi connectivity index (χ0n) is 9.15.